The predicted octanol–water partition coefficient (Wildman–Crippen LogP) is 1.53. The van der Waals surface area contributed by atoms with Gasteiger partial charge in [-0.25, -0.2) is 16.8 Å². The largest absolute Gasteiger partial charge is 0.495 e. The van der Waals surface area contributed by atoms with E-state index in [9.17, 15) is 16.8 Å². The lowest BCUT2D eigenvalue weighted by atomic mass is 10.0. The molecule has 0 saturated heterocycles. The molecule has 1 fully saturated rings. The fourth-order valence-corrected chi connectivity index (χ4v) is 6.63. The van der Waals surface area contributed by atoms with Gasteiger partial charge >= 0.3 is 4.38 Å². The first-order chi connectivity index (χ1) is 8.78. The molecule has 110 valence electrons. The van der Waals surface area contributed by atoms with Gasteiger partial charge in [-0.3, -0.25) is 0 Å². The van der Waals surface area contributed by atoms with Crippen molar-refractivity contribution in [1.29, 1.82) is 0 Å². The van der Waals surface area contributed by atoms with Crippen LogP contribution in [0.3, 0.4) is 0 Å². The molecule has 1 atom stereocenters. The summed E-state index contributed by atoms with van der Waals surface area (Å²) < 4.78 is 47.8. The molecule has 0 aromatic rings. The van der Waals surface area contributed by atoms with Gasteiger partial charge in [0.25, 0.3) is 19.7 Å². The number of hydrogen-bond donors (Lipinski definition) is 0. The van der Waals surface area contributed by atoms with Crippen LogP contribution in [0.25, 0.3) is 5.53 Å². The molecule has 0 amide bonds. The molecule has 1 aliphatic carbocycles. The van der Waals surface area contributed by atoms with E-state index in [1.165, 1.54) is 6.92 Å². The average molecular weight is 308 g/mol. The molecule has 0 aromatic heterocycles. The zero-order chi connectivity index (χ0) is 14.7. The molecule has 0 aromatic carbocycles. The summed E-state index contributed by atoms with van der Waals surface area (Å²) in [5.74, 6) is 0. The number of sulfone groups is 2. The molecule has 0 bridgehead atoms. The molecular formula is C11H20N2O4S2. The van der Waals surface area contributed by atoms with Gasteiger partial charge < -0.3 is 5.53 Å². The predicted molar refractivity (Wildman–Crippen MR) is 73.1 cm³/mol. The van der Waals surface area contributed by atoms with Gasteiger partial charge in [0.05, 0.1) is 10.5 Å². The Labute approximate surface area is 114 Å². The lowest BCUT2D eigenvalue weighted by molar-refractivity contribution is 0.00364. The minimum Gasteiger partial charge on any atom is -0.359 e. The highest BCUT2D eigenvalue weighted by Crippen LogP contribution is 2.26. The second-order valence-corrected chi connectivity index (χ2v) is 9.62. The van der Waals surface area contributed by atoms with E-state index in [1.807, 2.05) is 0 Å². The molecule has 0 aliphatic heterocycles. The van der Waals surface area contributed by atoms with Gasteiger partial charge in [0.1, 0.15) is 0 Å². The number of nitrogens with zero attached hydrogens (tertiary/aromatic N) is 2. The standard InChI is InChI=1S/C11H20N2O4S2/c1-3-9(2)18(14,15)11(13-12)19(16,17)10-7-5-4-6-8-10/h9-10H,3-8H2,1-2H3. The van der Waals surface area contributed by atoms with Gasteiger partial charge in [-0.2, -0.15) is 0 Å². The molecule has 1 rings (SSSR count). The molecule has 0 heterocycles. The molecule has 1 saturated carbocycles. The summed E-state index contributed by atoms with van der Waals surface area (Å²) in [4.78, 5) is 2.62. The molecule has 19 heavy (non-hydrogen) atoms. The molecule has 0 N–H and O–H groups in total. The second-order valence-electron chi connectivity index (χ2n) is 4.93. The van der Waals surface area contributed by atoms with E-state index in [4.69, 9.17) is 5.53 Å². The average Bonchev–Trinajstić information content (AvgIpc) is 2.38. The second kappa shape index (κ2) is 6.15. The van der Waals surface area contributed by atoms with E-state index in [1.54, 1.807) is 6.92 Å². The summed E-state index contributed by atoms with van der Waals surface area (Å²) in [5.41, 5.74) is 8.90. The topological polar surface area (TPSA) is 105 Å². The Hall–Kier alpha value is -0.720. The maximum Gasteiger partial charge on any atom is 0.495 e. The first-order valence-electron chi connectivity index (χ1n) is 6.48. The fraction of sp³-hybridized carbons (Fsp3) is 0.909. The first kappa shape index (κ1) is 16.3. The summed E-state index contributed by atoms with van der Waals surface area (Å²) in [7, 11) is -8.17. The zero-order valence-corrected chi connectivity index (χ0v) is 12.9. The fourth-order valence-electron chi connectivity index (χ4n) is 2.19. The van der Waals surface area contributed by atoms with E-state index in [0.717, 1.165) is 19.3 Å². The third-order valence-electron chi connectivity index (χ3n) is 3.66. The Morgan fingerprint density at radius 1 is 1.21 bits per heavy atom. The molecule has 1 aliphatic rings. The summed E-state index contributed by atoms with van der Waals surface area (Å²) in [6.45, 7) is 3.06. The van der Waals surface area contributed by atoms with Crippen LogP contribution in [0, 0.1) is 0 Å². The van der Waals surface area contributed by atoms with E-state index in [2.05, 4.69) is 4.79 Å². The Morgan fingerprint density at radius 2 is 1.74 bits per heavy atom. The molecular weight excluding hydrogens is 288 g/mol. The monoisotopic (exact) mass is 308 g/mol. The van der Waals surface area contributed by atoms with Crippen LogP contribution in [-0.2, 0) is 19.7 Å². The van der Waals surface area contributed by atoms with Crippen LogP contribution >= 0.6 is 0 Å². The van der Waals surface area contributed by atoms with Crippen LogP contribution < -0.4 is 0 Å². The van der Waals surface area contributed by atoms with Crippen LogP contribution in [0.15, 0.2) is 0 Å². The Morgan fingerprint density at radius 3 is 2.16 bits per heavy atom. The zero-order valence-electron chi connectivity index (χ0n) is 11.2. The van der Waals surface area contributed by atoms with Crippen molar-refractivity contribution in [1.82, 2.24) is 0 Å². The van der Waals surface area contributed by atoms with Gasteiger partial charge in [-0.05, 0) is 26.2 Å². The molecule has 6 nitrogen and oxygen atoms in total. The smallest absolute Gasteiger partial charge is 0.359 e. The summed E-state index contributed by atoms with van der Waals surface area (Å²) in [5, 5.41) is -1.62. The third kappa shape index (κ3) is 3.24. The van der Waals surface area contributed by atoms with Gasteiger partial charge in [0.15, 0.2) is 0 Å². The van der Waals surface area contributed by atoms with Crippen LogP contribution in [0.5, 0.6) is 0 Å². The molecule has 8 heteroatoms. The van der Waals surface area contributed by atoms with Crippen molar-refractivity contribution in [3.05, 3.63) is 5.53 Å². The summed E-state index contributed by atoms with van der Waals surface area (Å²) >= 11 is 0. The van der Waals surface area contributed by atoms with Crippen LogP contribution in [0.4, 0.5) is 0 Å². The number of rotatable bonds is 3. The van der Waals surface area contributed by atoms with Crippen molar-refractivity contribution in [2.75, 3.05) is 0 Å². The van der Waals surface area contributed by atoms with Crippen molar-refractivity contribution >= 4 is 24.1 Å². The Bertz CT molecular complexity index is 568. The summed E-state index contributed by atoms with van der Waals surface area (Å²) in [6, 6.07) is 0. The van der Waals surface area contributed by atoms with Crippen molar-refractivity contribution in [3.8, 4) is 0 Å². The van der Waals surface area contributed by atoms with E-state index in [0.29, 0.717) is 12.8 Å². The van der Waals surface area contributed by atoms with Crippen molar-refractivity contribution in [3.63, 3.8) is 0 Å². The van der Waals surface area contributed by atoms with E-state index >= 15 is 0 Å². The SMILES string of the molecule is CCC(C)S(=O)(=O)C(=[N+]=[N-])S(=O)(=O)C1CCCCC1. The van der Waals surface area contributed by atoms with Gasteiger partial charge in [0.2, 0.25) is 0 Å². The Kier molecular flexibility index (Phi) is 5.29. The highest BCUT2D eigenvalue weighted by atomic mass is 32.3. The van der Waals surface area contributed by atoms with Crippen LogP contribution in [0.1, 0.15) is 52.4 Å². The van der Waals surface area contributed by atoms with Crippen molar-refractivity contribution in [2.24, 2.45) is 0 Å². The highest BCUT2D eigenvalue weighted by Gasteiger charge is 2.48. The van der Waals surface area contributed by atoms with Crippen molar-refractivity contribution < 1.29 is 21.6 Å². The van der Waals surface area contributed by atoms with Crippen LogP contribution in [0.2, 0.25) is 0 Å². The maximum absolute atomic E-state index is 12.3. The molecule has 1 unspecified atom stereocenters. The van der Waals surface area contributed by atoms with Crippen LogP contribution in [-0.4, -0.2) is 36.5 Å². The minimum absolute atomic E-state index is 0.265. The normalized spacial score (nSPS) is 19.7. The molecule has 0 radical (unpaired) electrons. The quantitative estimate of drug-likeness (QED) is 0.341. The van der Waals surface area contributed by atoms with Gasteiger partial charge in [0, 0.05) is 0 Å². The summed E-state index contributed by atoms with van der Waals surface area (Å²) in [6.07, 6.45) is 3.59. The van der Waals surface area contributed by atoms with Gasteiger partial charge in [-0.15, -0.1) is 4.79 Å². The Balaban J connectivity index is 3.21. The minimum atomic E-state index is -4.10. The highest BCUT2D eigenvalue weighted by molar-refractivity contribution is 8.31. The molecule has 0 spiro atoms. The van der Waals surface area contributed by atoms with Crippen molar-refractivity contribution in [2.45, 2.75) is 62.9 Å². The third-order valence-corrected chi connectivity index (χ3v) is 8.94. The van der Waals surface area contributed by atoms with Gasteiger partial charge in [-0.1, -0.05) is 26.2 Å². The van der Waals surface area contributed by atoms with E-state index < -0.39 is 34.6 Å². The number of hydrogen-bond acceptors (Lipinski definition) is 4. The van der Waals surface area contributed by atoms with E-state index in [-0.39, 0.29) is 6.42 Å². The maximum atomic E-state index is 12.3. The first-order valence-corrected chi connectivity index (χ1v) is 9.57. The lowest BCUT2D eigenvalue weighted by Gasteiger charge is -2.19. The lowest BCUT2D eigenvalue weighted by Crippen LogP contribution is -2.39.